The lowest BCUT2D eigenvalue weighted by Gasteiger charge is -2.40. The highest BCUT2D eigenvalue weighted by Crippen LogP contribution is 2.32. The minimum atomic E-state index is 0.0758. The van der Waals surface area contributed by atoms with Crippen molar-refractivity contribution in [3.05, 3.63) is 0 Å². The van der Waals surface area contributed by atoms with E-state index in [9.17, 15) is 4.79 Å². The van der Waals surface area contributed by atoms with Crippen LogP contribution in [0.1, 0.15) is 52.4 Å². The minimum Gasteiger partial charge on any atom is -0.340 e. The van der Waals surface area contributed by atoms with Crippen molar-refractivity contribution in [2.75, 3.05) is 20.1 Å². The topological polar surface area (TPSA) is 32.3 Å². The summed E-state index contributed by atoms with van der Waals surface area (Å²) >= 11 is 2.00. The maximum absolute atomic E-state index is 12.6. The van der Waals surface area contributed by atoms with Crippen LogP contribution in [0.15, 0.2) is 0 Å². The number of rotatable bonds is 3. The Balaban J connectivity index is 1.95. The molecule has 2 atom stereocenters. The lowest BCUT2D eigenvalue weighted by molar-refractivity contribution is -0.133. The molecular formula is C15H28N2OS. The van der Waals surface area contributed by atoms with Gasteiger partial charge in [-0.25, -0.2) is 0 Å². The quantitative estimate of drug-likeness (QED) is 0.865. The van der Waals surface area contributed by atoms with E-state index in [2.05, 4.69) is 24.1 Å². The van der Waals surface area contributed by atoms with E-state index >= 15 is 0 Å². The molecule has 4 heteroatoms. The normalized spacial score (nSPS) is 31.2. The number of carbonyl (C=O) groups is 1. The van der Waals surface area contributed by atoms with Gasteiger partial charge in [0.15, 0.2) is 0 Å². The first-order valence-electron chi connectivity index (χ1n) is 7.67. The second kappa shape index (κ2) is 6.49. The summed E-state index contributed by atoms with van der Waals surface area (Å²) < 4.78 is 0. The number of amides is 1. The molecule has 2 rings (SSSR count). The van der Waals surface area contributed by atoms with Crippen LogP contribution in [0, 0.1) is 0 Å². The lowest BCUT2D eigenvalue weighted by atomic mass is 9.79. The zero-order valence-electron chi connectivity index (χ0n) is 12.6. The third-order valence-corrected chi connectivity index (χ3v) is 5.83. The third kappa shape index (κ3) is 3.88. The van der Waals surface area contributed by atoms with Gasteiger partial charge >= 0.3 is 0 Å². The van der Waals surface area contributed by atoms with E-state index in [1.54, 1.807) is 0 Å². The van der Waals surface area contributed by atoms with Gasteiger partial charge in [-0.05, 0) is 19.9 Å². The maximum atomic E-state index is 12.6. The molecule has 2 unspecified atom stereocenters. The highest BCUT2D eigenvalue weighted by atomic mass is 32.2. The molecule has 0 aromatic rings. The summed E-state index contributed by atoms with van der Waals surface area (Å²) in [5.41, 5.74) is 0.0758. The maximum Gasteiger partial charge on any atom is 0.224 e. The summed E-state index contributed by atoms with van der Waals surface area (Å²) in [4.78, 5) is 14.7. The van der Waals surface area contributed by atoms with Crippen molar-refractivity contribution in [1.29, 1.82) is 0 Å². The number of carbonyl (C=O) groups excluding carboxylic acids is 1. The van der Waals surface area contributed by atoms with Gasteiger partial charge in [0.25, 0.3) is 0 Å². The van der Waals surface area contributed by atoms with Crippen LogP contribution in [-0.2, 0) is 4.79 Å². The molecule has 1 aliphatic heterocycles. The van der Waals surface area contributed by atoms with Gasteiger partial charge in [-0.3, -0.25) is 4.79 Å². The van der Waals surface area contributed by atoms with Crippen molar-refractivity contribution in [3.63, 3.8) is 0 Å². The molecular weight excluding hydrogens is 256 g/mol. The molecule has 19 heavy (non-hydrogen) atoms. The summed E-state index contributed by atoms with van der Waals surface area (Å²) in [6, 6.07) is 0. The van der Waals surface area contributed by atoms with E-state index in [0.29, 0.717) is 22.8 Å². The minimum absolute atomic E-state index is 0.0758. The van der Waals surface area contributed by atoms with Crippen LogP contribution in [0.5, 0.6) is 0 Å². The standard InChI is InChI=1S/C15H28N2OS/c1-12-10-17(11-13(2)19-12)14(18)9-15(16-3)7-5-4-6-8-15/h12-13,16H,4-11H2,1-3H3. The van der Waals surface area contributed by atoms with E-state index in [1.165, 1.54) is 19.3 Å². The molecule has 110 valence electrons. The van der Waals surface area contributed by atoms with Gasteiger partial charge < -0.3 is 10.2 Å². The average molecular weight is 284 g/mol. The highest BCUT2D eigenvalue weighted by molar-refractivity contribution is 8.00. The molecule has 2 fully saturated rings. The van der Waals surface area contributed by atoms with Crippen molar-refractivity contribution in [1.82, 2.24) is 10.2 Å². The Hall–Kier alpha value is -0.220. The monoisotopic (exact) mass is 284 g/mol. The van der Waals surface area contributed by atoms with Gasteiger partial charge in [0.05, 0.1) is 0 Å². The van der Waals surface area contributed by atoms with Crippen molar-refractivity contribution >= 4 is 17.7 Å². The second-order valence-electron chi connectivity index (χ2n) is 6.32. The van der Waals surface area contributed by atoms with E-state index in [4.69, 9.17) is 0 Å². The van der Waals surface area contributed by atoms with Gasteiger partial charge in [-0.2, -0.15) is 11.8 Å². The number of nitrogens with zero attached hydrogens (tertiary/aromatic N) is 1. The first kappa shape index (κ1) is 15.2. The molecule has 1 saturated carbocycles. The van der Waals surface area contributed by atoms with Gasteiger partial charge in [0.1, 0.15) is 0 Å². The predicted molar refractivity (Wildman–Crippen MR) is 82.6 cm³/mol. The fourth-order valence-electron chi connectivity index (χ4n) is 3.53. The van der Waals surface area contributed by atoms with Crippen LogP contribution in [0.25, 0.3) is 0 Å². The molecule has 0 spiro atoms. The van der Waals surface area contributed by atoms with Crippen molar-refractivity contribution in [2.45, 2.75) is 68.4 Å². The fourth-order valence-corrected chi connectivity index (χ4v) is 4.85. The Morgan fingerprint density at radius 1 is 1.21 bits per heavy atom. The van der Waals surface area contributed by atoms with E-state index in [-0.39, 0.29) is 5.54 Å². The largest absolute Gasteiger partial charge is 0.340 e. The van der Waals surface area contributed by atoms with Crippen molar-refractivity contribution in [2.24, 2.45) is 0 Å². The molecule has 1 aliphatic carbocycles. The number of hydrogen-bond donors (Lipinski definition) is 1. The summed E-state index contributed by atoms with van der Waals surface area (Å²) in [6.45, 7) is 6.31. The van der Waals surface area contributed by atoms with Crippen LogP contribution < -0.4 is 5.32 Å². The number of nitrogens with one attached hydrogen (secondary N) is 1. The Kier molecular flexibility index (Phi) is 5.18. The van der Waals surface area contributed by atoms with Crippen LogP contribution in [0.4, 0.5) is 0 Å². The average Bonchev–Trinajstić information content (AvgIpc) is 2.38. The predicted octanol–water partition coefficient (Wildman–Crippen LogP) is 2.65. The van der Waals surface area contributed by atoms with Gasteiger partial charge in [0.2, 0.25) is 5.91 Å². The molecule has 0 radical (unpaired) electrons. The summed E-state index contributed by atoms with van der Waals surface area (Å²) in [6.07, 6.45) is 6.85. The Labute approximate surface area is 121 Å². The number of thioether (sulfide) groups is 1. The Bertz CT molecular complexity index is 305. The van der Waals surface area contributed by atoms with Gasteiger partial charge in [-0.1, -0.05) is 33.1 Å². The first-order valence-corrected chi connectivity index (χ1v) is 8.61. The Morgan fingerprint density at radius 3 is 2.32 bits per heavy atom. The molecule has 0 aromatic heterocycles. The van der Waals surface area contributed by atoms with Crippen LogP contribution in [0.3, 0.4) is 0 Å². The molecule has 1 heterocycles. The molecule has 0 aromatic carbocycles. The molecule has 0 bridgehead atoms. The van der Waals surface area contributed by atoms with E-state index in [0.717, 1.165) is 25.9 Å². The van der Waals surface area contributed by atoms with Crippen LogP contribution in [0.2, 0.25) is 0 Å². The van der Waals surface area contributed by atoms with Gasteiger partial charge in [-0.15, -0.1) is 0 Å². The SMILES string of the molecule is CNC1(CC(=O)N2CC(C)SC(C)C2)CCCCC1. The van der Waals surface area contributed by atoms with E-state index < -0.39 is 0 Å². The van der Waals surface area contributed by atoms with Crippen molar-refractivity contribution < 1.29 is 4.79 Å². The highest BCUT2D eigenvalue weighted by Gasteiger charge is 2.35. The zero-order valence-corrected chi connectivity index (χ0v) is 13.4. The summed E-state index contributed by atoms with van der Waals surface area (Å²) in [5.74, 6) is 0.357. The van der Waals surface area contributed by atoms with Crippen LogP contribution in [-0.4, -0.2) is 47.0 Å². The molecule has 2 aliphatic rings. The molecule has 3 nitrogen and oxygen atoms in total. The summed E-state index contributed by atoms with van der Waals surface area (Å²) in [7, 11) is 2.02. The van der Waals surface area contributed by atoms with E-state index in [1.807, 2.05) is 18.8 Å². The smallest absolute Gasteiger partial charge is 0.224 e. The third-order valence-electron chi connectivity index (χ3n) is 4.60. The van der Waals surface area contributed by atoms with Crippen molar-refractivity contribution in [3.8, 4) is 0 Å². The number of hydrogen-bond acceptors (Lipinski definition) is 3. The van der Waals surface area contributed by atoms with Crippen LogP contribution >= 0.6 is 11.8 Å². The Morgan fingerprint density at radius 2 is 1.79 bits per heavy atom. The first-order chi connectivity index (χ1) is 9.04. The molecule has 1 N–H and O–H groups in total. The molecule has 1 amide bonds. The zero-order chi connectivity index (χ0) is 13.9. The second-order valence-corrected chi connectivity index (χ2v) is 8.21. The fraction of sp³-hybridized carbons (Fsp3) is 0.933. The molecule has 1 saturated heterocycles. The van der Waals surface area contributed by atoms with Gasteiger partial charge in [0, 0.05) is 35.5 Å². The lowest BCUT2D eigenvalue weighted by Crippen LogP contribution is -2.51. The summed E-state index contributed by atoms with van der Waals surface area (Å²) in [5, 5.41) is 4.60.